The molecule has 1 heterocycles. The zero-order chi connectivity index (χ0) is 15.4. The van der Waals surface area contributed by atoms with Gasteiger partial charge in [-0.1, -0.05) is 30.1 Å². The summed E-state index contributed by atoms with van der Waals surface area (Å²) >= 11 is 1.61. The van der Waals surface area contributed by atoms with Crippen LogP contribution in [0.5, 0.6) is 0 Å². The average molecular weight is 316 g/mol. The van der Waals surface area contributed by atoms with Gasteiger partial charge in [0.15, 0.2) is 0 Å². The number of carbonyl (C=O) groups is 1. The topological polar surface area (TPSA) is 55.1 Å². The van der Waals surface area contributed by atoms with Crippen LogP contribution in [0.25, 0.3) is 0 Å². The Bertz CT molecular complexity index is 648. The van der Waals surface area contributed by atoms with Gasteiger partial charge in [-0.3, -0.25) is 4.79 Å². The second kappa shape index (κ2) is 7.01. The van der Waals surface area contributed by atoms with Crippen molar-refractivity contribution in [2.24, 2.45) is 0 Å². The molecule has 1 amide bonds. The van der Waals surface area contributed by atoms with Gasteiger partial charge in [-0.2, -0.15) is 0 Å². The normalized spacial score (nSPS) is 15.1. The molecule has 2 aromatic rings. The summed E-state index contributed by atoms with van der Waals surface area (Å²) in [5.74, 6) is 1.53. The summed E-state index contributed by atoms with van der Waals surface area (Å²) in [5, 5.41) is 7.04. The van der Waals surface area contributed by atoms with E-state index in [2.05, 4.69) is 10.5 Å². The van der Waals surface area contributed by atoms with Gasteiger partial charge >= 0.3 is 0 Å². The van der Waals surface area contributed by atoms with Gasteiger partial charge in [-0.25, -0.2) is 0 Å². The van der Waals surface area contributed by atoms with E-state index in [0.29, 0.717) is 11.8 Å². The smallest absolute Gasteiger partial charge is 0.252 e. The minimum atomic E-state index is 0.0313. The highest BCUT2D eigenvalue weighted by molar-refractivity contribution is 7.98. The summed E-state index contributed by atoms with van der Waals surface area (Å²) < 4.78 is 5.22. The average Bonchev–Trinajstić information content (AvgIpc) is 3.17. The first kappa shape index (κ1) is 15.2. The lowest BCUT2D eigenvalue weighted by atomic mass is 10.2. The fraction of sp³-hybridized carbons (Fsp3) is 0.412. The van der Waals surface area contributed by atoms with E-state index >= 15 is 0 Å². The molecule has 0 unspecified atom stereocenters. The minimum absolute atomic E-state index is 0.0313. The van der Waals surface area contributed by atoms with Crippen LogP contribution in [0.4, 0.5) is 0 Å². The number of hydrogen-bond acceptors (Lipinski definition) is 4. The van der Waals surface area contributed by atoms with Crippen LogP contribution in [0.2, 0.25) is 0 Å². The third-order valence-electron chi connectivity index (χ3n) is 3.87. The van der Waals surface area contributed by atoms with Gasteiger partial charge in [0.1, 0.15) is 5.76 Å². The van der Waals surface area contributed by atoms with Crippen LogP contribution in [0.3, 0.4) is 0 Å². The monoisotopic (exact) mass is 316 g/mol. The molecule has 0 radical (unpaired) electrons. The first-order chi connectivity index (χ1) is 10.7. The quantitative estimate of drug-likeness (QED) is 0.849. The molecule has 1 N–H and O–H groups in total. The molecular formula is C17H20N2O2S. The molecule has 0 aliphatic heterocycles. The Kier molecular flexibility index (Phi) is 4.83. The maximum Gasteiger partial charge on any atom is 0.252 e. The van der Waals surface area contributed by atoms with Crippen molar-refractivity contribution >= 4 is 17.7 Å². The molecule has 1 aliphatic rings. The summed E-state index contributed by atoms with van der Waals surface area (Å²) in [7, 11) is 0. The van der Waals surface area contributed by atoms with Crippen LogP contribution in [0.1, 0.15) is 47.5 Å². The van der Waals surface area contributed by atoms with Gasteiger partial charge in [-0.15, -0.1) is 11.8 Å². The summed E-state index contributed by atoms with van der Waals surface area (Å²) in [6.45, 7) is 1.90. The molecule has 0 atom stereocenters. The molecule has 1 aromatic heterocycles. The van der Waals surface area contributed by atoms with Crippen LogP contribution in [-0.2, 0) is 5.75 Å². The molecule has 1 saturated carbocycles. The van der Waals surface area contributed by atoms with Crippen molar-refractivity contribution in [2.45, 2.75) is 49.3 Å². The molecule has 0 saturated heterocycles. The van der Waals surface area contributed by atoms with E-state index in [4.69, 9.17) is 4.52 Å². The van der Waals surface area contributed by atoms with E-state index in [0.717, 1.165) is 34.8 Å². The Labute approximate surface area is 134 Å². The van der Waals surface area contributed by atoms with Crippen molar-refractivity contribution < 1.29 is 9.32 Å². The van der Waals surface area contributed by atoms with Gasteiger partial charge in [0, 0.05) is 17.0 Å². The molecule has 3 rings (SSSR count). The Hall–Kier alpha value is -1.75. The van der Waals surface area contributed by atoms with E-state index in [1.165, 1.54) is 12.8 Å². The van der Waals surface area contributed by atoms with E-state index in [1.54, 1.807) is 11.8 Å². The molecule has 0 spiro atoms. The largest absolute Gasteiger partial charge is 0.360 e. The fourth-order valence-corrected chi connectivity index (χ4v) is 3.67. The van der Waals surface area contributed by atoms with Crippen molar-refractivity contribution in [2.75, 3.05) is 0 Å². The SMILES string of the molecule is Cc1cc(CSc2ccccc2C(=O)NC2CCCC2)on1. The third-order valence-corrected chi connectivity index (χ3v) is 4.96. The molecule has 22 heavy (non-hydrogen) atoms. The van der Waals surface area contributed by atoms with Gasteiger partial charge in [0.05, 0.1) is 17.0 Å². The maximum absolute atomic E-state index is 12.5. The lowest BCUT2D eigenvalue weighted by Gasteiger charge is -2.14. The lowest BCUT2D eigenvalue weighted by molar-refractivity contribution is 0.0935. The van der Waals surface area contributed by atoms with Crippen LogP contribution < -0.4 is 5.32 Å². The summed E-state index contributed by atoms with van der Waals surface area (Å²) in [6.07, 6.45) is 4.62. The lowest BCUT2D eigenvalue weighted by Crippen LogP contribution is -2.32. The number of aromatic nitrogens is 1. The Morgan fingerprint density at radius 1 is 1.36 bits per heavy atom. The zero-order valence-corrected chi connectivity index (χ0v) is 13.5. The highest BCUT2D eigenvalue weighted by atomic mass is 32.2. The number of thioether (sulfide) groups is 1. The first-order valence-corrected chi connectivity index (χ1v) is 8.66. The van der Waals surface area contributed by atoms with Crippen LogP contribution in [0, 0.1) is 6.92 Å². The molecule has 4 nitrogen and oxygen atoms in total. The number of hydrogen-bond donors (Lipinski definition) is 1. The van der Waals surface area contributed by atoms with E-state index in [1.807, 2.05) is 37.3 Å². The van der Waals surface area contributed by atoms with Gasteiger partial charge in [-0.05, 0) is 31.9 Å². The zero-order valence-electron chi connectivity index (χ0n) is 12.7. The molecule has 1 aliphatic carbocycles. The van der Waals surface area contributed by atoms with Crippen LogP contribution >= 0.6 is 11.8 Å². The minimum Gasteiger partial charge on any atom is -0.360 e. The number of benzene rings is 1. The van der Waals surface area contributed by atoms with Crippen molar-refractivity contribution in [1.82, 2.24) is 10.5 Å². The van der Waals surface area contributed by atoms with Crippen molar-refractivity contribution in [3.05, 3.63) is 47.3 Å². The van der Waals surface area contributed by atoms with Crippen molar-refractivity contribution in [3.63, 3.8) is 0 Å². The van der Waals surface area contributed by atoms with Crippen molar-refractivity contribution in [3.8, 4) is 0 Å². The summed E-state index contributed by atoms with van der Waals surface area (Å²) in [5.41, 5.74) is 1.62. The number of nitrogens with one attached hydrogen (secondary N) is 1. The predicted octanol–water partition coefficient (Wildman–Crippen LogP) is 3.95. The standard InChI is InChI=1S/C17H20N2O2S/c1-12-10-14(21-19-12)11-22-16-9-5-4-8-15(16)17(20)18-13-6-2-3-7-13/h4-5,8-10,13H,2-3,6-7,11H2,1H3,(H,18,20). The van der Waals surface area contributed by atoms with Gasteiger partial charge in [0.25, 0.3) is 5.91 Å². The van der Waals surface area contributed by atoms with Crippen molar-refractivity contribution in [1.29, 1.82) is 0 Å². The number of carbonyl (C=O) groups excluding carboxylic acids is 1. The number of nitrogens with zero attached hydrogens (tertiary/aromatic N) is 1. The third kappa shape index (κ3) is 3.71. The van der Waals surface area contributed by atoms with Gasteiger partial charge in [0.2, 0.25) is 0 Å². The van der Waals surface area contributed by atoms with E-state index < -0.39 is 0 Å². The fourth-order valence-electron chi connectivity index (χ4n) is 2.75. The Morgan fingerprint density at radius 3 is 2.86 bits per heavy atom. The van der Waals surface area contributed by atoms with Crippen LogP contribution in [0.15, 0.2) is 39.8 Å². The second-order valence-corrected chi connectivity index (χ2v) is 6.69. The Balaban J connectivity index is 1.67. The first-order valence-electron chi connectivity index (χ1n) is 7.67. The number of aryl methyl sites for hydroxylation is 1. The molecule has 1 fully saturated rings. The molecule has 1 aromatic carbocycles. The number of rotatable bonds is 5. The Morgan fingerprint density at radius 2 is 2.14 bits per heavy atom. The molecule has 0 bridgehead atoms. The van der Waals surface area contributed by atoms with Gasteiger partial charge < -0.3 is 9.84 Å². The van der Waals surface area contributed by atoms with E-state index in [9.17, 15) is 4.79 Å². The maximum atomic E-state index is 12.5. The molecule has 5 heteroatoms. The van der Waals surface area contributed by atoms with Crippen LogP contribution in [-0.4, -0.2) is 17.1 Å². The predicted molar refractivity (Wildman–Crippen MR) is 87.0 cm³/mol. The summed E-state index contributed by atoms with van der Waals surface area (Å²) in [6, 6.07) is 10.00. The highest BCUT2D eigenvalue weighted by Gasteiger charge is 2.19. The molecular weight excluding hydrogens is 296 g/mol. The van der Waals surface area contributed by atoms with E-state index in [-0.39, 0.29) is 5.91 Å². The highest BCUT2D eigenvalue weighted by Crippen LogP contribution is 2.27. The molecule has 116 valence electrons. The number of amides is 1. The summed E-state index contributed by atoms with van der Waals surface area (Å²) in [4.78, 5) is 13.5. The second-order valence-electron chi connectivity index (χ2n) is 5.67.